The predicted molar refractivity (Wildman–Crippen MR) is 113 cm³/mol. The smallest absolute Gasteiger partial charge is 0.325 e. The number of hydrogen-bond acceptors (Lipinski definition) is 5. The minimum atomic E-state index is -0.335. The normalized spacial score (nSPS) is 18.5. The standard InChI is InChI=1S/C22H21N3O3S/c1-2-27-19(26)14-25-21(20(24-22(25)29)16-10-6-7-13-23-16)18-12-11-17(28-18)15-8-4-3-5-9-15/h3-13,20-21H,2,14H2,1H3,(H,24,29)/t20-,21-/m1/s1. The van der Waals surface area contributed by atoms with Crippen LogP contribution in [0.15, 0.2) is 71.3 Å². The first-order valence-corrected chi connectivity index (χ1v) is 9.87. The number of carbonyl (C=O) groups is 1. The molecule has 0 radical (unpaired) electrons. The van der Waals surface area contributed by atoms with E-state index in [2.05, 4.69) is 10.3 Å². The van der Waals surface area contributed by atoms with Gasteiger partial charge in [0.05, 0.1) is 18.3 Å². The van der Waals surface area contributed by atoms with Crippen molar-refractivity contribution in [2.45, 2.75) is 19.0 Å². The van der Waals surface area contributed by atoms with Crippen LogP contribution in [0, 0.1) is 0 Å². The lowest BCUT2D eigenvalue weighted by atomic mass is 10.0. The molecule has 1 aliphatic rings. The SMILES string of the molecule is CCOC(=O)CN1C(=S)N[C@H](c2ccccn2)[C@H]1c1ccc(-c2ccccc2)o1. The third-order valence-electron chi connectivity index (χ3n) is 4.78. The van der Waals surface area contributed by atoms with E-state index in [0.717, 1.165) is 17.0 Å². The molecule has 0 spiro atoms. The third kappa shape index (κ3) is 4.00. The van der Waals surface area contributed by atoms with E-state index in [9.17, 15) is 4.79 Å². The first-order chi connectivity index (χ1) is 14.2. The lowest BCUT2D eigenvalue weighted by Gasteiger charge is -2.25. The van der Waals surface area contributed by atoms with E-state index in [1.54, 1.807) is 18.0 Å². The van der Waals surface area contributed by atoms with E-state index in [0.29, 0.717) is 17.5 Å². The van der Waals surface area contributed by atoms with Crippen LogP contribution in [0.5, 0.6) is 0 Å². The second kappa shape index (κ2) is 8.45. The topological polar surface area (TPSA) is 67.6 Å². The minimum absolute atomic E-state index is 0.0367. The van der Waals surface area contributed by atoms with Crippen molar-refractivity contribution in [3.8, 4) is 11.3 Å². The van der Waals surface area contributed by atoms with Crippen LogP contribution >= 0.6 is 12.2 Å². The number of hydrogen-bond donors (Lipinski definition) is 1. The van der Waals surface area contributed by atoms with Gasteiger partial charge in [-0.15, -0.1) is 0 Å². The maximum absolute atomic E-state index is 12.2. The molecule has 29 heavy (non-hydrogen) atoms. The summed E-state index contributed by atoms with van der Waals surface area (Å²) in [5, 5.41) is 3.76. The lowest BCUT2D eigenvalue weighted by molar-refractivity contribution is -0.143. The summed E-state index contributed by atoms with van der Waals surface area (Å²) in [6, 6.07) is 18.9. The summed E-state index contributed by atoms with van der Waals surface area (Å²) in [6.45, 7) is 2.14. The molecule has 2 atom stereocenters. The van der Waals surface area contributed by atoms with Crippen LogP contribution in [0.3, 0.4) is 0 Å². The fourth-order valence-electron chi connectivity index (χ4n) is 3.50. The fourth-order valence-corrected chi connectivity index (χ4v) is 3.80. The van der Waals surface area contributed by atoms with Crippen molar-refractivity contribution in [2.75, 3.05) is 13.2 Å². The van der Waals surface area contributed by atoms with Crippen molar-refractivity contribution >= 4 is 23.3 Å². The van der Waals surface area contributed by atoms with E-state index in [-0.39, 0.29) is 24.6 Å². The van der Waals surface area contributed by atoms with Gasteiger partial charge in [0, 0.05) is 11.8 Å². The van der Waals surface area contributed by atoms with Gasteiger partial charge in [-0.1, -0.05) is 36.4 Å². The Hall–Kier alpha value is -3.19. The summed E-state index contributed by atoms with van der Waals surface area (Å²) < 4.78 is 11.3. The zero-order valence-corrected chi connectivity index (χ0v) is 16.8. The monoisotopic (exact) mass is 407 g/mol. The summed E-state index contributed by atoms with van der Waals surface area (Å²) in [7, 11) is 0. The van der Waals surface area contributed by atoms with Gasteiger partial charge < -0.3 is 19.4 Å². The minimum Gasteiger partial charge on any atom is -0.465 e. The molecule has 0 saturated carbocycles. The molecule has 1 fully saturated rings. The highest BCUT2D eigenvalue weighted by molar-refractivity contribution is 7.80. The average molecular weight is 407 g/mol. The van der Waals surface area contributed by atoms with Crippen LogP contribution in [0.25, 0.3) is 11.3 Å². The molecule has 3 aromatic rings. The number of esters is 1. The van der Waals surface area contributed by atoms with Crippen molar-refractivity contribution in [3.05, 3.63) is 78.3 Å². The maximum atomic E-state index is 12.2. The molecular weight excluding hydrogens is 386 g/mol. The van der Waals surface area contributed by atoms with Crippen molar-refractivity contribution in [2.24, 2.45) is 0 Å². The Morgan fingerprint density at radius 3 is 2.69 bits per heavy atom. The number of nitrogens with zero attached hydrogens (tertiary/aromatic N) is 2. The lowest BCUT2D eigenvalue weighted by Crippen LogP contribution is -2.35. The van der Waals surface area contributed by atoms with Crippen molar-refractivity contribution in [3.63, 3.8) is 0 Å². The summed E-state index contributed by atoms with van der Waals surface area (Å²) in [5.74, 6) is 1.13. The molecule has 0 aliphatic carbocycles. The largest absolute Gasteiger partial charge is 0.465 e. The molecule has 1 aromatic carbocycles. The summed E-state index contributed by atoms with van der Waals surface area (Å²) in [5.41, 5.74) is 1.81. The Balaban J connectivity index is 1.70. The Bertz CT molecular complexity index is 991. The highest BCUT2D eigenvalue weighted by atomic mass is 32.1. The van der Waals surface area contributed by atoms with Gasteiger partial charge in [-0.25, -0.2) is 0 Å². The molecule has 3 heterocycles. The number of rotatable bonds is 6. The van der Waals surface area contributed by atoms with Gasteiger partial charge in [-0.2, -0.15) is 0 Å². The Morgan fingerprint density at radius 1 is 1.17 bits per heavy atom. The van der Waals surface area contributed by atoms with Gasteiger partial charge >= 0.3 is 5.97 Å². The van der Waals surface area contributed by atoms with Crippen LogP contribution in [0.2, 0.25) is 0 Å². The molecule has 0 amide bonds. The maximum Gasteiger partial charge on any atom is 0.325 e. The quantitative estimate of drug-likeness (QED) is 0.491. The molecular formula is C22H21N3O3S. The van der Waals surface area contributed by atoms with Gasteiger partial charge in [0.1, 0.15) is 24.1 Å². The molecule has 1 aliphatic heterocycles. The number of benzene rings is 1. The molecule has 148 valence electrons. The van der Waals surface area contributed by atoms with E-state index >= 15 is 0 Å². The predicted octanol–water partition coefficient (Wildman–Crippen LogP) is 3.88. The zero-order chi connectivity index (χ0) is 20.2. The first kappa shape index (κ1) is 19.1. The fraction of sp³-hybridized carbons (Fsp3) is 0.227. The Morgan fingerprint density at radius 2 is 1.97 bits per heavy atom. The number of pyridine rings is 1. The number of carbonyl (C=O) groups excluding carboxylic acids is 1. The number of thiocarbonyl (C=S) groups is 1. The summed E-state index contributed by atoms with van der Waals surface area (Å²) in [6.07, 6.45) is 1.74. The number of nitrogens with one attached hydrogen (secondary N) is 1. The second-order valence-corrected chi connectivity index (χ2v) is 7.01. The molecule has 6 nitrogen and oxygen atoms in total. The number of furan rings is 1. The van der Waals surface area contributed by atoms with Crippen LogP contribution in [0.1, 0.15) is 30.5 Å². The molecule has 1 saturated heterocycles. The molecule has 4 rings (SSSR count). The highest BCUT2D eigenvalue weighted by Crippen LogP contribution is 2.40. The highest BCUT2D eigenvalue weighted by Gasteiger charge is 2.42. The molecule has 7 heteroatoms. The van der Waals surface area contributed by atoms with Crippen LogP contribution in [0.4, 0.5) is 0 Å². The molecule has 0 bridgehead atoms. The Kier molecular flexibility index (Phi) is 5.57. The second-order valence-electron chi connectivity index (χ2n) is 6.63. The summed E-state index contributed by atoms with van der Waals surface area (Å²) in [4.78, 5) is 18.5. The third-order valence-corrected chi connectivity index (χ3v) is 5.13. The van der Waals surface area contributed by atoms with Crippen LogP contribution in [-0.2, 0) is 9.53 Å². The first-order valence-electron chi connectivity index (χ1n) is 9.46. The van der Waals surface area contributed by atoms with Gasteiger partial charge in [-0.05, 0) is 43.4 Å². The van der Waals surface area contributed by atoms with E-state index in [1.807, 2.05) is 60.7 Å². The zero-order valence-electron chi connectivity index (χ0n) is 15.9. The van der Waals surface area contributed by atoms with E-state index in [4.69, 9.17) is 21.4 Å². The van der Waals surface area contributed by atoms with Gasteiger partial charge in [0.2, 0.25) is 0 Å². The Labute approximate surface area is 174 Å². The molecule has 2 aromatic heterocycles. The van der Waals surface area contributed by atoms with E-state index < -0.39 is 0 Å². The van der Waals surface area contributed by atoms with Gasteiger partial charge in [0.15, 0.2) is 5.11 Å². The van der Waals surface area contributed by atoms with Gasteiger partial charge in [-0.3, -0.25) is 9.78 Å². The van der Waals surface area contributed by atoms with Crippen LogP contribution < -0.4 is 5.32 Å². The van der Waals surface area contributed by atoms with Gasteiger partial charge in [0.25, 0.3) is 0 Å². The van der Waals surface area contributed by atoms with E-state index in [1.165, 1.54) is 0 Å². The molecule has 1 N–H and O–H groups in total. The van der Waals surface area contributed by atoms with Crippen molar-refractivity contribution in [1.29, 1.82) is 0 Å². The van der Waals surface area contributed by atoms with Crippen LogP contribution in [-0.4, -0.2) is 34.1 Å². The summed E-state index contributed by atoms with van der Waals surface area (Å²) >= 11 is 5.54. The number of ether oxygens (including phenoxy) is 1. The van der Waals surface area contributed by atoms with Crippen molar-refractivity contribution < 1.29 is 13.9 Å². The van der Waals surface area contributed by atoms with Crippen molar-refractivity contribution in [1.82, 2.24) is 15.2 Å². The average Bonchev–Trinajstić information content (AvgIpc) is 3.35. The molecule has 0 unspecified atom stereocenters. The number of aromatic nitrogens is 1.